The minimum Gasteiger partial charge on any atom is -0.490 e. The van der Waals surface area contributed by atoms with Crippen molar-refractivity contribution in [1.82, 2.24) is 20.8 Å². The molecule has 1 heterocycles. The largest absolute Gasteiger partial charge is 0.490 e. The van der Waals surface area contributed by atoms with E-state index in [1.165, 1.54) is 24.8 Å². The van der Waals surface area contributed by atoms with E-state index in [0.717, 1.165) is 29.7 Å². The highest BCUT2D eigenvalue weighted by Crippen LogP contribution is 2.35. The predicted octanol–water partition coefficient (Wildman–Crippen LogP) is 4.07. The Morgan fingerprint density at radius 3 is 2.15 bits per heavy atom. The van der Waals surface area contributed by atoms with Crippen LogP contribution in [0.4, 0.5) is 0 Å². The van der Waals surface area contributed by atoms with Gasteiger partial charge in [0.1, 0.15) is 29.5 Å². The van der Waals surface area contributed by atoms with E-state index in [9.17, 15) is 14.7 Å². The number of benzene rings is 2. The van der Waals surface area contributed by atoms with Crippen molar-refractivity contribution in [3.05, 3.63) is 89.9 Å². The van der Waals surface area contributed by atoms with Crippen LogP contribution < -0.4 is 20.3 Å². The van der Waals surface area contributed by atoms with Crippen LogP contribution >= 0.6 is 0 Å². The summed E-state index contributed by atoms with van der Waals surface area (Å²) in [4.78, 5) is 30.9. The van der Waals surface area contributed by atoms with Crippen molar-refractivity contribution in [2.24, 2.45) is 0 Å². The molecular formula is C30H34N4O6. The molecule has 4 rings (SSSR count). The van der Waals surface area contributed by atoms with Gasteiger partial charge in [0.2, 0.25) is 5.88 Å². The van der Waals surface area contributed by atoms with Gasteiger partial charge in [0.05, 0.1) is 12.4 Å². The van der Waals surface area contributed by atoms with Gasteiger partial charge in [-0.2, -0.15) is 0 Å². The first kappa shape index (κ1) is 28.9. The normalized spacial score (nSPS) is 17.3. The van der Waals surface area contributed by atoms with Crippen molar-refractivity contribution in [1.29, 1.82) is 0 Å². The number of hydroxylamine groups is 1. The molecule has 0 radical (unpaired) electrons. The number of ether oxygens (including phenoxy) is 2. The number of carbonyl (C=O) groups excluding carboxylic acids is 2. The molecule has 0 saturated heterocycles. The summed E-state index contributed by atoms with van der Waals surface area (Å²) in [6, 6.07) is 15.9. The maximum atomic E-state index is 11.4. The van der Waals surface area contributed by atoms with Gasteiger partial charge in [0, 0.05) is 30.4 Å². The monoisotopic (exact) mass is 546 g/mol. The standard InChI is InChI=1S/C30H34N4O6/c1-18(29(37)34-38)13-27(36)33-22-14-25(15-22)39-23-9-5-20(6-10-23)30(3,4)21-7-11-24(12-8-21)40-28-17-31-26(16-32-28)19(2)35/h5-12,16-17,22,25,27,33,36,38H,1,13-15H2,2-4H3,(H,34,37)/t22-,25+,27?. The number of aliphatic hydroxyl groups excluding tert-OH is 1. The number of nitrogens with zero attached hydrogens (tertiary/aromatic N) is 2. The molecule has 1 saturated carbocycles. The summed E-state index contributed by atoms with van der Waals surface area (Å²) < 4.78 is 11.8. The van der Waals surface area contributed by atoms with Crippen LogP contribution in [0.1, 0.15) is 61.6 Å². The van der Waals surface area contributed by atoms with Gasteiger partial charge in [-0.3, -0.25) is 20.1 Å². The SMILES string of the molecule is C=C(CC(O)N[C@H]1C[C@@H](Oc2ccc(C(C)(C)c3ccc(Oc4cnc(C(C)=O)cn4)cc3)cc2)C1)C(=O)NO. The smallest absolute Gasteiger partial charge is 0.270 e. The average Bonchev–Trinajstić information content (AvgIpc) is 2.92. The van der Waals surface area contributed by atoms with Gasteiger partial charge in [-0.25, -0.2) is 15.4 Å². The third-order valence-electron chi connectivity index (χ3n) is 7.05. The molecule has 40 heavy (non-hydrogen) atoms. The number of aromatic nitrogens is 2. The van der Waals surface area contributed by atoms with Crippen LogP contribution in [-0.4, -0.2) is 50.3 Å². The molecule has 1 aliphatic rings. The van der Waals surface area contributed by atoms with Gasteiger partial charge in [0.25, 0.3) is 5.91 Å². The molecule has 0 spiro atoms. The summed E-state index contributed by atoms with van der Waals surface area (Å²) in [6.45, 7) is 9.28. The van der Waals surface area contributed by atoms with Crippen molar-refractivity contribution >= 4 is 11.7 Å². The van der Waals surface area contributed by atoms with E-state index in [1.54, 1.807) is 0 Å². The molecule has 2 aromatic carbocycles. The zero-order valence-electron chi connectivity index (χ0n) is 22.8. The van der Waals surface area contributed by atoms with Gasteiger partial charge >= 0.3 is 0 Å². The number of hydrogen-bond acceptors (Lipinski definition) is 9. The van der Waals surface area contributed by atoms with E-state index in [2.05, 4.69) is 47.8 Å². The number of rotatable bonds is 12. The number of Topliss-reactive ketones (excluding diaryl/α,β-unsaturated/α-hetero) is 1. The fourth-order valence-electron chi connectivity index (χ4n) is 4.45. The van der Waals surface area contributed by atoms with Crippen molar-refractivity contribution in [3.8, 4) is 17.4 Å². The minimum atomic E-state index is -0.925. The molecule has 1 aliphatic carbocycles. The molecule has 10 heteroatoms. The van der Waals surface area contributed by atoms with E-state index in [4.69, 9.17) is 14.7 Å². The first-order valence-electron chi connectivity index (χ1n) is 13.0. The van der Waals surface area contributed by atoms with Crippen LogP contribution in [0, 0.1) is 0 Å². The second-order valence-corrected chi connectivity index (χ2v) is 10.4. The maximum Gasteiger partial charge on any atom is 0.270 e. The number of amides is 1. The molecule has 1 aromatic heterocycles. The first-order chi connectivity index (χ1) is 19.0. The van der Waals surface area contributed by atoms with Crippen LogP contribution in [0.25, 0.3) is 0 Å². The molecule has 1 amide bonds. The van der Waals surface area contributed by atoms with Crippen LogP contribution in [-0.2, 0) is 10.2 Å². The van der Waals surface area contributed by atoms with Gasteiger partial charge in [-0.15, -0.1) is 0 Å². The Labute approximate surface area is 233 Å². The zero-order chi connectivity index (χ0) is 28.9. The van der Waals surface area contributed by atoms with E-state index in [0.29, 0.717) is 17.3 Å². The zero-order valence-corrected chi connectivity index (χ0v) is 22.8. The number of carbonyl (C=O) groups is 2. The van der Waals surface area contributed by atoms with Crippen molar-refractivity contribution in [3.63, 3.8) is 0 Å². The quantitative estimate of drug-likeness (QED) is 0.0869. The Morgan fingerprint density at radius 2 is 1.62 bits per heavy atom. The molecule has 4 N–H and O–H groups in total. The molecule has 0 aliphatic heterocycles. The number of nitrogens with one attached hydrogen (secondary N) is 2. The molecular weight excluding hydrogens is 512 g/mol. The summed E-state index contributed by atoms with van der Waals surface area (Å²) in [5.41, 5.74) is 3.86. The summed E-state index contributed by atoms with van der Waals surface area (Å²) in [6.07, 6.45) is 3.41. The van der Waals surface area contributed by atoms with E-state index in [-0.39, 0.29) is 35.3 Å². The fourth-order valence-corrected chi connectivity index (χ4v) is 4.45. The van der Waals surface area contributed by atoms with Crippen molar-refractivity contribution in [2.45, 2.75) is 63.8 Å². The van der Waals surface area contributed by atoms with Gasteiger partial charge in [0.15, 0.2) is 5.78 Å². The Hall–Kier alpha value is -4.12. The van der Waals surface area contributed by atoms with E-state index >= 15 is 0 Å². The molecule has 0 bridgehead atoms. The van der Waals surface area contributed by atoms with Gasteiger partial charge < -0.3 is 14.6 Å². The lowest BCUT2D eigenvalue weighted by molar-refractivity contribution is -0.125. The summed E-state index contributed by atoms with van der Waals surface area (Å²) in [7, 11) is 0. The number of aliphatic hydroxyl groups is 1. The average molecular weight is 547 g/mol. The fraction of sp³-hybridized carbons (Fsp3) is 0.333. The first-order valence-corrected chi connectivity index (χ1v) is 13.0. The number of hydrogen-bond donors (Lipinski definition) is 4. The topological polar surface area (TPSA) is 143 Å². The highest BCUT2D eigenvalue weighted by molar-refractivity contribution is 5.92. The molecule has 1 unspecified atom stereocenters. The lowest BCUT2D eigenvalue weighted by atomic mass is 9.78. The molecule has 210 valence electrons. The second kappa shape index (κ2) is 12.4. The minimum absolute atomic E-state index is 0.0200. The van der Waals surface area contributed by atoms with Crippen molar-refractivity contribution < 1.29 is 29.4 Å². The Kier molecular flexibility index (Phi) is 8.93. The van der Waals surface area contributed by atoms with Gasteiger partial charge in [-0.05, 0) is 48.2 Å². The third kappa shape index (κ3) is 7.09. The summed E-state index contributed by atoms with van der Waals surface area (Å²) >= 11 is 0. The molecule has 1 atom stereocenters. The number of ketones is 1. The predicted molar refractivity (Wildman–Crippen MR) is 147 cm³/mol. The molecule has 3 aromatic rings. The highest BCUT2D eigenvalue weighted by atomic mass is 16.5. The highest BCUT2D eigenvalue weighted by Gasteiger charge is 2.32. The molecule has 10 nitrogen and oxygen atoms in total. The lowest BCUT2D eigenvalue weighted by Crippen LogP contribution is -2.50. The molecule has 1 fully saturated rings. The lowest BCUT2D eigenvalue weighted by Gasteiger charge is -2.37. The summed E-state index contributed by atoms with van der Waals surface area (Å²) in [5.74, 6) is 0.850. The Balaban J connectivity index is 1.27. The van der Waals surface area contributed by atoms with Crippen LogP contribution in [0.5, 0.6) is 17.4 Å². The van der Waals surface area contributed by atoms with Crippen LogP contribution in [0.3, 0.4) is 0 Å². The summed E-state index contributed by atoms with van der Waals surface area (Å²) in [5, 5.41) is 21.8. The maximum absolute atomic E-state index is 11.4. The van der Waals surface area contributed by atoms with Crippen LogP contribution in [0.15, 0.2) is 73.1 Å². The second-order valence-electron chi connectivity index (χ2n) is 10.4. The van der Waals surface area contributed by atoms with Crippen LogP contribution in [0.2, 0.25) is 0 Å². The Morgan fingerprint density at radius 1 is 1.02 bits per heavy atom. The van der Waals surface area contributed by atoms with Crippen molar-refractivity contribution in [2.75, 3.05) is 0 Å². The Bertz CT molecular complexity index is 1330. The third-order valence-corrected chi connectivity index (χ3v) is 7.05. The van der Waals surface area contributed by atoms with E-state index < -0.39 is 12.1 Å². The van der Waals surface area contributed by atoms with Gasteiger partial charge in [-0.1, -0.05) is 44.7 Å². The van der Waals surface area contributed by atoms with E-state index in [1.807, 2.05) is 36.4 Å².